The molecule has 2 heterocycles. The fraction of sp³-hybridized carbons (Fsp3) is 0.682. The number of aliphatic hydroxyl groups is 1. The molecule has 1 unspecified atom stereocenters. The summed E-state index contributed by atoms with van der Waals surface area (Å²) >= 11 is 0. The predicted molar refractivity (Wildman–Crippen MR) is 132 cm³/mol. The summed E-state index contributed by atoms with van der Waals surface area (Å²) in [5.74, 6) is 0.788. The number of likely N-dealkylation sites (N-methyl/N-ethyl adjacent to an activating group) is 1. The second-order valence-corrected chi connectivity index (χ2v) is 8.45. The van der Waals surface area contributed by atoms with Gasteiger partial charge in [-0.05, 0) is 31.0 Å². The molecule has 1 aromatic rings. The Bertz CT molecular complexity index is 641. The van der Waals surface area contributed by atoms with Gasteiger partial charge >= 0.3 is 0 Å². The van der Waals surface area contributed by atoms with Crippen molar-refractivity contribution in [2.45, 2.75) is 25.9 Å². The first-order chi connectivity index (χ1) is 14.1. The third kappa shape index (κ3) is 7.64. The van der Waals surface area contributed by atoms with Crippen molar-refractivity contribution in [1.82, 2.24) is 20.4 Å². The largest absolute Gasteiger partial charge is 0.396 e. The zero-order chi connectivity index (χ0) is 20.5. The molecule has 3 rings (SSSR count). The number of nitrogens with one attached hydrogen (secondary N) is 2. The van der Waals surface area contributed by atoms with E-state index in [0.717, 1.165) is 71.2 Å². The second-order valence-electron chi connectivity index (χ2n) is 8.45. The maximum atomic E-state index is 9.37. The minimum atomic E-state index is 0. The molecule has 0 aromatic heterocycles. The lowest BCUT2D eigenvalue weighted by atomic mass is 9.84. The molecule has 7 nitrogen and oxygen atoms in total. The minimum absolute atomic E-state index is 0. The van der Waals surface area contributed by atoms with Crippen molar-refractivity contribution < 1.29 is 9.84 Å². The van der Waals surface area contributed by atoms with Gasteiger partial charge in [-0.2, -0.15) is 0 Å². The van der Waals surface area contributed by atoms with Crippen LogP contribution in [0.1, 0.15) is 24.0 Å². The molecule has 0 radical (unpaired) electrons. The number of ether oxygens (including phenoxy) is 1. The van der Waals surface area contributed by atoms with Crippen molar-refractivity contribution in [3.63, 3.8) is 0 Å². The first kappa shape index (κ1) is 25.3. The van der Waals surface area contributed by atoms with E-state index >= 15 is 0 Å². The molecule has 0 aliphatic carbocycles. The number of hydrogen-bond acceptors (Lipinski definition) is 5. The van der Waals surface area contributed by atoms with Gasteiger partial charge in [0.1, 0.15) is 0 Å². The number of benzene rings is 1. The van der Waals surface area contributed by atoms with E-state index in [-0.39, 0.29) is 36.0 Å². The first-order valence-electron chi connectivity index (χ1n) is 10.7. The topological polar surface area (TPSA) is 72.4 Å². The van der Waals surface area contributed by atoms with Crippen molar-refractivity contribution in [3.8, 4) is 0 Å². The van der Waals surface area contributed by atoms with E-state index in [0.29, 0.717) is 6.61 Å². The predicted octanol–water partition coefficient (Wildman–Crippen LogP) is 1.51. The average molecular weight is 531 g/mol. The monoisotopic (exact) mass is 531 g/mol. The van der Waals surface area contributed by atoms with Crippen LogP contribution in [0.25, 0.3) is 0 Å². The third-order valence-corrected chi connectivity index (χ3v) is 6.17. The lowest BCUT2D eigenvalue weighted by molar-refractivity contribution is 0.127. The lowest BCUT2D eigenvalue weighted by Gasteiger charge is -2.32. The molecule has 170 valence electrons. The number of piperazine rings is 1. The van der Waals surface area contributed by atoms with E-state index in [1.54, 1.807) is 7.05 Å². The summed E-state index contributed by atoms with van der Waals surface area (Å²) in [7, 11) is 3.98. The molecule has 2 aliphatic rings. The Kier molecular flexibility index (Phi) is 10.8. The Hall–Kier alpha value is -0.940. The smallest absolute Gasteiger partial charge is 0.191 e. The number of rotatable bonds is 8. The van der Waals surface area contributed by atoms with Gasteiger partial charge in [0.2, 0.25) is 0 Å². The standard InChI is InChI=1S/C22H37N5O2.HI/c1-23-21(25-17-22(7-13-28)8-14-29-18-22)24-15-19-3-5-20(6-4-19)16-27-11-9-26(2)10-12-27;/h3-6,28H,7-18H2,1-2H3,(H2,23,24,25);1H. The summed E-state index contributed by atoms with van der Waals surface area (Å²) in [5.41, 5.74) is 2.62. The molecule has 8 heteroatoms. The van der Waals surface area contributed by atoms with E-state index in [1.807, 2.05) is 0 Å². The van der Waals surface area contributed by atoms with Crippen LogP contribution in [0.15, 0.2) is 29.3 Å². The highest BCUT2D eigenvalue weighted by Gasteiger charge is 2.34. The van der Waals surface area contributed by atoms with Crippen molar-refractivity contribution in [3.05, 3.63) is 35.4 Å². The third-order valence-electron chi connectivity index (χ3n) is 6.17. The van der Waals surface area contributed by atoms with Gasteiger partial charge in [-0.3, -0.25) is 9.89 Å². The molecule has 1 atom stereocenters. The molecule has 30 heavy (non-hydrogen) atoms. The fourth-order valence-corrected chi connectivity index (χ4v) is 4.02. The first-order valence-corrected chi connectivity index (χ1v) is 10.7. The van der Waals surface area contributed by atoms with Gasteiger partial charge in [0, 0.05) is 71.5 Å². The molecule has 2 saturated heterocycles. The van der Waals surface area contributed by atoms with E-state index < -0.39 is 0 Å². The molecule has 0 bridgehead atoms. The highest BCUT2D eigenvalue weighted by atomic mass is 127. The normalized spacial score (nSPS) is 23.2. The Morgan fingerprint density at radius 3 is 2.43 bits per heavy atom. The zero-order valence-electron chi connectivity index (χ0n) is 18.4. The van der Waals surface area contributed by atoms with Crippen molar-refractivity contribution in [2.75, 3.05) is 66.6 Å². The van der Waals surface area contributed by atoms with Crippen LogP contribution in [0.2, 0.25) is 0 Å². The second kappa shape index (κ2) is 12.8. The van der Waals surface area contributed by atoms with Crippen molar-refractivity contribution in [1.29, 1.82) is 0 Å². The summed E-state index contributed by atoms with van der Waals surface area (Å²) < 4.78 is 5.56. The summed E-state index contributed by atoms with van der Waals surface area (Å²) in [4.78, 5) is 9.25. The summed E-state index contributed by atoms with van der Waals surface area (Å²) in [6, 6.07) is 8.86. The van der Waals surface area contributed by atoms with Crippen LogP contribution in [-0.2, 0) is 17.8 Å². The Balaban J connectivity index is 0.00000320. The molecule has 2 aliphatic heterocycles. The van der Waals surface area contributed by atoms with E-state index in [4.69, 9.17) is 4.74 Å². The molecule has 2 fully saturated rings. The van der Waals surface area contributed by atoms with E-state index in [2.05, 4.69) is 56.7 Å². The Morgan fingerprint density at radius 2 is 1.83 bits per heavy atom. The summed E-state index contributed by atoms with van der Waals surface area (Å²) in [5, 5.41) is 16.2. The van der Waals surface area contributed by atoms with Gasteiger partial charge < -0.3 is 25.4 Å². The van der Waals surface area contributed by atoms with Gasteiger partial charge in [-0.15, -0.1) is 24.0 Å². The molecule has 0 saturated carbocycles. The average Bonchev–Trinajstić information content (AvgIpc) is 3.20. The van der Waals surface area contributed by atoms with Gasteiger partial charge in [-0.1, -0.05) is 24.3 Å². The van der Waals surface area contributed by atoms with Gasteiger partial charge in [0.25, 0.3) is 0 Å². The highest BCUT2D eigenvalue weighted by Crippen LogP contribution is 2.31. The van der Waals surface area contributed by atoms with Crippen molar-refractivity contribution in [2.24, 2.45) is 10.4 Å². The molecule has 0 amide bonds. The van der Waals surface area contributed by atoms with Crippen LogP contribution in [-0.4, -0.2) is 87.5 Å². The SMILES string of the molecule is CN=C(NCc1ccc(CN2CCN(C)CC2)cc1)NCC1(CCO)CCOC1.I. The van der Waals surface area contributed by atoms with Crippen LogP contribution in [0.5, 0.6) is 0 Å². The summed E-state index contributed by atoms with van der Waals surface area (Å²) in [6.45, 7) is 8.78. The minimum Gasteiger partial charge on any atom is -0.396 e. The lowest BCUT2D eigenvalue weighted by Crippen LogP contribution is -2.44. The summed E-state index contributed by atoms with van der Waals surface area (Å²) in [6.07, 6.45) is 1.73. The number of aliphatic imine (C=N–C) groups is 1. The number of aliphatic hydroxyl groups excluding tert-OH is 1. The van der Waals surface area contributed by atoms with Crippen LogP contribution in [0, 0.1) is 5.41 Å². The Morgan fingerprint density at radius 1 is 1.13 bits per heavy atom. The van der Waals surface area contributed by atoms with Gasteiger partial charge in [0.15, 0.2) is 5.96 Å². The zero-order valence-corrected chi connectivity index (χ0v) is 20.7. The highest BCUT2D eigenvalue weighted by molar-refractivity contribution is 14.0. The van der Waals surface area contributed by atoms with Crippen LogP contribution >= 0.6 is 24.0 Å². The number of guanidine groups is 1. The molecule has 0 spiro atoms. The van der Waals surface area contributed by atoms with Gasteiger partial charge in [-0.25, -0.2) is 0 Å². The van der Waals surface area contributed by atoms with Crippen LogP contribution in [0.4, 0.5) is 0 Å². The Labute approximate surface area is 198 Å². The van der Waals surface area contributed by atoms with Gasteiger partial charge in [0.05, 0.1) is 6.61 Å². The quantitative estimate of drug-likeness (QED) is 0.269. The molecular formula is C22H38IN5O2. The molecule has 3 N–H and O–H groups in total. The van der Waals surface area contributed by atoms with Crippen molar-refractivity contribution >= 4 is 29.9 Å². The molecule has 1 aromatic carbocycles. The number of nitrogens with zero attached hydrogens (tertiary/aromatic N) is 3. The van der Waals surface area contributed by atoms with E-state index in [1.165, 1.54) is 11.1 Å². The maximum Gasteiger partial charge on any atom is 0.191 e. The molecular weight excluding hydrogens is 493 g/mol. The number of hydrogen-bond donors (Lipinski definition) is 3. The van der Waals surface area contributed by atoms with Crippen LogP contribution < -0.4 is 10.6 Å². The van der Waals surface area contributed by atoms with E-state index in [9.17, 15) is 5.11 Å². The van der Waals surface area contributed by atoms with Crippen LogP contribution in [0.3, 0.4) is 0 Å². The fourth-order valence-electron chi connectivity index (χ4n) is 4.02. The number of halogens is 1. The maximum absolute atomic E-state index is 9.37.